The molecule has 0 bridgehead atoms. The van der Waals surface area contributed by atoms with E-state index in [4.69, 9.17) is 4.42 Å². The molecule has 2 heterocycles. The maximum Gasteiger partial charge on any atom is 0.315 e. The minimum atomic E-state index is 0.100. The normalized spacial score (nSPS) is 19.6. The van der Waals surface area contributed by atoms with Crippen molar-refractivity contribution < 1.29 is 9.21 Å². The fraction of sp³-hybridized carbons (Fsp3) is 0.727. The molecule has 100 valence electrons. The average Bonchev–Trinajstić information content (AvgIpc) is 2.80. The zero-order valence-electron chi connectivity index (χ0n) is 10.5. The Balaban J connectivity index is 1.77. The molecular weight excluding hydrogens is 234 g/mol. The second kappa shape index (κ2) is 6.34. The van der Waals surface area contributed by atoms with Crippen molar-refractivity contribution in [2.45, 2.75) is 38.8 Å². The van der Waals surface area contributed by atoms with Gasteiger partial charge in [0.1, 0.15) is 0 Å². The monoisotopic (exact) mass is 253 g/mol. The Hall–Kier alpha value is -1.63. The maximum absolute atomic E-state index is 11.0. The number of carbonyl (C=O) groups excluding carboxylic acids is 1. The van der Waals surface area contributed by atoms with Gasteiger partial charge in [-0.05, 0) is 19.4 Å². The van der Waals surface area contributed by atoms with Crippen molar-refractivity contribution in [1.82, 2.24) is 20.8 Å². The maximum atomic E-state index is 11.0. The van der Waals surface area contributed by atoms with Gasteiger partial charge < -0.3 is 20.4 Å². The molecular formula is C11H19N5O2. The standard InChI is InChI=1S/C11H19N5O2/c1-2-5-12-7-10-15-16-11(18-10)14-8-3-4-9(17)13-6-8/h8,12H,2-7H2,1H3,(H,13,17)(H,14,16). The quantitative estimate of drug-likeness (QED) is 0.630. The third-order valence-corrected chi connectivity index (χ3v) is 2.76. The van der Waals surface area contributed by atoms with Gasteiger partial charge in [0.15, 0.2) is 0 Å². The highest BCUT2D eigenvalue weighted by Gasteiger charge is 2.19. The molecule has 0 spiro atoms. The number of hydrogen-bond donors (Lipinski definition) is 3. The molecule has 0 radical (unpaired) electrons. The third-order valence-electron chi connectivity index (χ3n) is 2.76. The first kappa shape index (κ1) is 12.8. The van der Waals surface area contributed by atoms with Gasteiger partial charge in [0, 0.05) is 19.0 Å². The SMILES string of the molecule is CCCNCc1nnc(NC2CCC(=O)NC2)o1. The van der Waals surface area contributed by atoms with Gasteiger partial charge in [-0.3, -0.25) is 4.79 Å². The molecule has 0 saturated carbocycles. The minimum absolute atomic E-state index is 0.100. The summed E-state index contributed by atoms with van der Waals surface area (Å²) >= 11 is 0. The summed E-state index contributed by atoms with van der Waals surface area (Å²) in [7, 11) is 0. The summed E-state index contributed by atoms with van der Waals surface area (Å²) in [6, 6.07) is 0.587. The van der Waals surface area contributed by atoms with E-state index in [-0.39, 0.29) is 11.9 Å². The lowest BCUT2D eigenvalue weighted by molar-refractivity contribution is -0.122. The summed E-state index contributed by atoms with van der Waals surface area (Å²) in [5.41, 5.74) is 0. The van der Waals surface area contributed by atoms with E-state index in [0.717, 1.165) is 19.4 Å². The van der Waals surface area contributed by atoms with Gasteiger partial charge in [-0.25, -0.2) is 0 Å². The molecule has 18 heavy (non-hydrogen) atoms. The van der Waals surface area contributed by atoms with Crippen LogP contribution in [-0.4, -0.2) is 35.2 Å². The molecule has 1 aliphatic rings. The molecule has 3 N–H and O–H groups in total. The highest BCUT2D eigenvalue weighted by atomic mass is 16.4. The van der Waals surface area contributed by atoms with Crippen LogP contribution in [-0.2, 0) is 11.3 Å². The van der Waals surface area contributed by atoms with Crippen LogP contribution in [0, 0.1) is 0 Å². The number of rotatable bonds is 6. The molecule has 1 aliphatic heterocycles. The Kier molecular flexibility index (Phi) is 4.52. The highest BCUT2D eigenvalue weighted by molar-refractivity contribution is 5.76. The molecule has 1 atom stereocenters. The van der Waals surface area contributed by atoms with Crippen molar-refractivity contribution in [1.29, 1.82) is 0 Å². The van der Waals surface area contributed by atoms with Crippen molar-refractivity contribution in [2.75, 3.05) is 18.4 Å². The average molecular weight is 253 g/mol. The number of piperidine rings is 1. The number of nitrogens with one attached hydrogen (secondary N) is 3. The van der Waals surface area contributed by atoms with Crippen LogP contribution in [0.25, 0.3) is 0 Å². The second-order valence-corrected chi connectivity index (χ2v) is 4.36. The first-order chi connectivity index (χ1) is 8.78. The summed E-state index contributed by atoms with van der Waals surface area (Å²) in [6.45, 7) is 4.22. The van der Waals surface area contributed by atoms with Crippen LogP contribution in [0.15, 0.2) is 4.42 Å². The van der Waals surface area contributed by atoms with Crippen LogP contribution in [0.5, 0.6) is 0 Å². The lowest BCUT2D eigenvalue weighted by Gasteiger charge is -2.22. The molecule has 1 saturated heterocycles. The van der Waals surface area contributed by atoms with E-state index in [0.29, 0.717) is 31.4 Å². The summed E-state index contributed by atoms with van der Waals surface area (Å²) in [4.78, 5) is 11.0. The molecule has 1 unspecified atom stereocenters. The smallest absolute Gasteiger partial charge is 0.315 e. The molecule has 0 aromatic carbocycles. The Morgan fingerprint density at radius 1 is 1.50 bits per heavy atom. The van der Waals surface area contributed by atoms with E-state index >= 15 is 0 Å². The topological polar surface area (TPSA) is 92.1 Å². The van der Waals surface area contributed by atoms with Crippen LogP contribution in [0.1, 0.15) is 32.1 Å². The summed E-state index contributed by atoms with van der Waals surface area (Å²) in [5, 5.41) is 17.0. The van der Waals surface area contributed by atoms with Crippen LogP contribution in [0.4, 0.5) is 6.01 Å². The summed E-state index contributed by atoms with van der Waals surface area (Å²) < 4.78 is 5.45. The van der Waals surface area contributed by atoms with Crippen molar-refractivity contribution in [3.05, 3.63) is 5.89 Å². The van der Waals surface area contributed by atoms with Crippen molar-refractivity contribution >= 4 is 11.9 Å². The molecule has 7 heteroatoms. The van der Waals surface area contributed by atoms with E-state index in [1.807, 2.05) is 0 Å². The zero-order valence-corrected chi connectivity index (χ0v) is 10.5. The Bertz CT molecular complexity index is 383. The van der Waals surface area contributed by atoms with Gasteiger partial charge in [0.2, 0.25) is 11.8 Å². The highest BCUT2D eigenvalue weighted by Crippen LogP contribution is 2.11. The van der Waals surface area contributed by atoms with Gasteiger partial charge in [-0.15, -0.1) is 5.10 Å². The number of nitrogens with zero attached hydrogens (tertiary/aromatic N) is 2. The van der Waals surface area contributed by atoms with Gasteiger partial charge >= 0.3 is 6.01 Å². The summed E-state index contributed by atoms with van der Waals surface area (Å²) in [6.07, 6.45) is 2.40. The molecule has 1 fully saturated rings. The molecule has 7 nitrogen and oxygen atoms in total. The lowest BCUT2D eigenvalue weighted by atomic mass is 10.1. The first-order valence-electron chi connectivity index (χ1n) is 6.34. The van der Waals surface area contributed by atoms with Crippen LogP contribution in [0.3, 0.4) is 0 Å². The van der Waals surface area contributed by atoms with Crippen LogP contribution in [0.2, 0.25) is 0 Å². The third kappa shape index (κ3) is 3.69. The van der Waals surface area contributed by atoms with Crippen LogP contribution >= 0.6 is 0 Å². The van der Waals surface area contributed by atoms with Gasteiger partial charge in [-0.1, -0.05) is 12.0 Å². The van der Waals surface area contributed by atoms with Gasteiger partial charge in [0.05, 0.1) is 6.54 Å². The Morgan fingerprint density at radius 3 is 3.11 bits per heavy atom. The zero-order chi connectivity index (χ0) is 12.8. The van der Waals surface area contributed by atoms with Crippen molar-refractivity contribution in [3.63, 3.8) is 0 Å². The largest absolute Gasteiger partial charge is 0.407 e. The predicted molar refractivity (Wildman–Crippen MR) is 66.0 cm³/mol. The van der Waals surface area contributed by atoms with E-state index in [2.05, 4.69) is 33.1 Å². The van der Waals surface area contributed by atoms with E-state index in [1.54, 1.807) is 0 Å². The number of hydrogen-bond acceptors (Lipinski definition) is 6. The molecule has 0 aliphatic carbocycles. The fourth-order valence-electron chi connectivity index (χ4n) is 1.79. The van der Waals surface area contributed by atoms with Gasteiger partial charge in [-0.2, -0.15) is 0 Å². The molecule has 1 aromatic heterocycles. The second-order valence-electron chi connectivity index (χ2n) is 4.36. The Labute approximate surface area is 106 Å². The number of carbonyl (C=O) groups is 1. The van der Waals surface area contributed by atoms with Crippen molar-refractivity contribution in [3.8, 4) is 0 Å². The number of amides is 1. The fourth-order valence-corrected chi connectivity index (χ4v) is 1.79. The first-order valence-corrected chi connectivity index (χ1v) is 6.34. The van der Waals surface area contributed by atoms with E-state index in [1.165, 1.54) is 0 Å². The predicted octanol–water partition coefficient (Wildman–Crippen LogP) is 0.260. The minimum Gasteiger partial charge on any atom is -0.407 e. The lowest BCUT2D eigenvalue weighted by Crippen LogP contribution is -2.41. The molecule has 1 amide bonds. The van der Waals surface area contributed by atoms with Crippen LogP contribution < -0.4 is 16.0 Å². The van der Waals surface area contributed by atoms with E-state index in [9.17, 15) is 4.79 Å². The van der Waals surface area contributed by atoms with E-state index < -0.39 is 0 Å². The van der Waals surface area contributed by atoms with Gasteiger partial charge in [0.25, 0.3) is 0 Å². The number of anilines is 1. The number of aromatic nitrogens is 2. The molecule has 2 rings (SSSR count). The summed E-state index contributed by atoms with van der Waals surface area (Å²) in [5.74, 6) is 0.675. The van der Waals surface area contributed by atoms with Crippen molar-refractivity contribution in [2.24, 2.45) is 0 Å². The molecule has 1 aromatic rings. The Morgan fingerprint density at radius 2 is 2.39 bits per heavy atom.